The van der Waals surface area contributed by atoms with Crippen LogP contribution in [0.3, 0.4) is 0 Å². The maximum absolute atomic E-state index is 6.29. The summed E-state index contributed by atoms with van der Waals surface area (Å²) in [4.78, 5) is 0. The van der Waals surface area contributed by atoms with Gasteiger partial charge in [-0.1, -0.05) is 37.6 Å². The Bertz CT molecular complexity index is 360. The largest absolute Gasteiger partial charge is 0.330 e. The normalized spacial score (nSPS) is 24.6. The number of fused-ring (bicyclic) bond motifs is 1. The van der Waals surface area contributed by atoms with E-state index in [0.29, 0.717) is 17.8 Å². The maximum atomic E-state index is 6.29. The summed E-state index contributed by atoms with van der Waals surface area (Å²) in [5, 5.41) is 0.919. The average molecular weight is 224 g/mol. The first-order valence-electron chi connectivity index (χ1n) is 5.63. The molecule has 0 fully saturated rings. The van der Waals surface area contributed by atoms with E-state index in [1.165, 1.54) is 11.1 Å². The summed E-state index contributed by atoms with van der Waals surface area (Å²) in [5.41, 5.74) is 8.55. The second-order valence-corrected chi connectivity index (χ2v) is 5.17. The van der Waals surface area contributed by atoms with Gasteiger partial charge in [-0.25, -0.2) is 0 Å². The molecule has 1 aromatic carbocycles. The lowest BCUT2D eigenvalue weighted by molar-refractivity contribution is 0.468. The molecule has 0 bridgehead atoms. The first-order chi connectivity index (χ1) is 7.15. The first-order valence-corrected chi connectivity index (χ1v) is 6.01. The van der Waals surface area contributed by atoms with Crippen LogP contribution in [0.4, 0.5) is 0 Å². The van der Waals surface area contributed by atoms with Gasteiger partial charge in [0.05, 0.1) is 0 Å². The number of nitrogens with two attached hydrogens (primary N) is 1. The number of hydrogen-bond donors (Lipinski definition) is 1. The summed E-state index contributed by atoms with van der Waals surface area (Å²) in [6.07, 6.45) is 1.16. The molecule has 2 N–H and O–H groups in total. The predicted molar refractivity (Wildman–Crippen MR) is 65.4 cm³/mol. The van der Waals surface area contributed by atoms with Gasteiger partial charge in [-0.15, -0.1) is 0 Å². The van der Waals surface area contributed by atoms with Gasteiger partial charge in [0, 0.05) is 5.02 Å². The zero-order chi connectivity index (χ0) is 11.0. The summed E-state index contributed by atoms with van der Waals surface area (Å²) in [6.45, 7) is 5.25. The second-order valence-electron chi connectivity index (χ2n) is 4.76. The monoisotopic (exact) mass is 223 g/mol. The van der Waals surface area contributed by atoms with Crippen LogP contribution < -0.4 is 5.73 Å². The van der Waals surface area contributed by atoms with E-state index in [9.17, 15) is 0 Å². The van der Waals surface area contributed by atoms with Gasteiger partial charge in [0.2, 0.25) is 0 Å². The van der Waals surface area contributed by atoms with Crippen LogP contribution >= 0.6 is 11.6 Å². The van der Waals surface area contributed by atoms with Gasteiger partial charge in [0.15, 0.2) is 0 Å². The van der Waals surface area contributed by atoms with Gasteiger partial charge >= 0.3 is 0 Å². The Balaban J connectivity index is 2.48. The molecule has 1 aromatic rings. The minimum Gasteiger partial charge on any atom is -0.330 e. The van der Waals surface area contributed by atoms with Crippen LogP contribution in [-0.4, -0.2) is 6.54 Å². The fourth-order valence-corrected chi connectivity index (χ4v) is 3.00. The molecule has 82 valence electrons. The van der Waals surface area contributed by atoms with Crippen LogP contribution in [0.5, 0.6) is 0 Å². The van der Waals surface area contributed by atoms with Gasteiger partial charge in [0.1, 0.15) is 0 Å². The minimum atomic E-state index is 0.506. The van der Waals surface area contributed by atoms with Crippen molar-refractivity contribution >= 4 is 11.6 Å². The molecule has 1 nitrogen and oxygen atoms in total. The summed E-state index contributed by atoms with van der Waals surface area (Å²) in [5.74, 6) is 1.73. The van der Waals surface area contributed by atoms with Gasteiger partial charge in [-0.3, -0.25) is 0 Å². The Kier molecular flexibility index (Phi) is 3.03. The Hall–Kier alpha value is -0.530. The van der Waals surface area contributed by atoms with Crippen molar-refractivity contribution in [1.29, 1.82) is 0 Å². The molecular weight excluding hydrogens is 206 g/mol. The Morgan fingerprint density at radius 2 is 2.20 bits per heavy atom. The van der Waals surface area contributed by atoms with E-state index in [1.807, 2.05) is 12.1 Å². The van der Waals surface area contributed by atoms with E-state index < -0.39 is 0 Å². The number of rotatable bonds is 2. The molecular formula is C13H18ClN. The molecule has 0 aliphatic heterocycles. The van der Waals surface area contributed by atoms with E-state index in [0.717, 1.165) is 18.0 Å². The van der Waals surface area contributed by atoms with Gasteiger partial charge in [-0.05, 0) is 47.9 Å². The molecule has 0 aromatic heterocycles. The average Bonchev–Trinajstić information content (AvgIpc) is 2.58. The summed E-state index contributed by atoms with van der Waals surface area (Å²) >= 11 is 6.29. The van der Waals surface area contributed by atoms with E-state index >= 15 is 0 Å². The highest BCUT2D eigenvalue weighted by molar-refractivity contribution is 6.31. The third-order valence-corrected chi connectivity index (χ3v) is 3.85. The molecule has 2 unspecified atom stereocenters. The van der Waals surface area contributed by atoms with Crippen molar-refractivity contribution in [2.45, 2.75) is 32.1 Å². The second kappa shape index (κ2) is 4.15. The molecule has 0 saturated heterocycles. The predicted octanol–water partition coefficient (Wildman–Crippen LogP) is 3.53. The van der Waals surface area contributed by atoms with E-state index in [2.05, 4.69) is 19.9 Å². The summed E-state index contributed by atoms with van der Waals surface area (Å²) in [6, 6.07) is 6.21. The quantitative estimate of drug-likeness (QED) is 0.816. The zero-order valence-electron chi connectivity index (χ0n) is 9.33. The van der Waals surface area contributed by atoms with Gasteiger partial charge < -0.3 is 5.73 Å². The molecule has 2 rings (SSSR count). The van der Waals surface area contributed by atoms with Crippen LogP contribution in [0, 0.1) is 5.92 Å². The molecule has 15 heavy (non-hydrogen) atoms. The number of hydrogen-bond acceptors (Lipinski definition) is 1. The Morgan fingerprint density at radius 1 is 1.47 bits per heavy atom. The van der Waals surface area contributed by atoms with E-state index in [-0.39, 0.29) is 0 Å². The molecule has 2 atom stereocenters. The van der Waals surface area contributed by atoms with E-state index in [1.54, 1.807) is 0 Å². The number of benzene rings is 1. The van der Waals surface area contributed by atoms with Crippen LogP contribution in [0.25, 0.3) is 0 Å². The Labute approximate surface area is 96.6 Å². The van der Waals surface area contributed by atoms with Crippen LogP contribution in [0.2, 0.25) is 5.02 Å². The molecule has 0 amide bonds. The SMILES string of the molecule is CC(C)C1CC(CN)c2cccc(Cl)c21. The molecule has 0 heterocycles. The van der Waals surface area contributed by atoms with Crippen molar-refractivity contribution in [3.8, 4) is 0 Å². The van der Waals surface area contributed by atoms with Crippen molar-refractivity contribution in [3.05, 3.63) is 34.3 Å². The number of halogens is 1. The van der Waals surface area contributed by atoms with Crippen molar-refractivity contribution in [1.82, 2.24) is 0 Å². The van der Waals surface area contributed by atoms with Crippen molar-refractivity contribution in [2.24, 2.45) is 11.7 Å². The third kappa shape index (κ3) is 1.79. The van der Waals surface area contributed by atoms with Gasteiger partial charge in [0.25, 0.3) is 0 Å². The zero-order valence-corrected chi connectivity index (χ0v) is 10.1. The van der Waals surface area contributed by atoms with Crippen LogP contribution in [0.1, 0.15) is 43.2 Å². The van der Waals surface area contributed by atoms with Crippen LogP contribution in [-0.2, 0) is 0 Å². The fourth-order valence-electron chi connectivity index (χ4n) is 2.68. The van der Waals surface area contributed by atoms with Crippen molar-refractivity contribution in [3.63, 3.8) is 0 Å². The summed E-state index contributed by atoms with van der Waals surface area (Å²) < 4.78 is 0. The Morgan fingerprint density at radius 3 is 2.80 bits per heavy atom. The lowest BCUT2D eigenvalue weighted by atomic mass is 9.90. The highest BCUT2D eigenvalue weighted by atomic mass is 35.5. The smallest absolute Gasteiger partial charge is 0.0443 e. The lowest BCUT2D eigenvalue weighted by Crippen LogP contribution is -2.10. The molecule has 1 aliphatic carbocycles. The molecule has 1 aliphatic rings. The van der Waals surface area contributed by atoms with E-state index in [4.69, 9.17) is 17.3 Å². The highest BCUT2D eigenvalue weighted by Crippen LogP contribution is 2.47. The third-order valence-electron chi connectivity index (χ3n) is 3.52. The lowest BCUT2D eigenvalue weighted by Gasteiger charge is -2.16. The minimum absolute atomic E-state index is 0.506. The van der Waals surface area contributed by atoms with Crippen molar-refractivity contribution < 1.29 is 0 Å². The first kappa shape index (κ1) is 11.0. The molecule has 0 saturated carbocycles. The van der Waals surface area contributed by atoms with Crippen LogP contribution in [0.15, 0.2) is 18.2 Å². The fraction of sp³-hybridized carbons (Fsp3) is 0.538. The molecule has 2 heteroatoms. The summed E-state index contributed by atoms with van der Waals surface area (Å²) in [7, 11) is 0. The molecule has 0 spiro atoms. The standard InChI is InChI=1S/C13H18ClN/c1-8(2)11-6-9(7-15)10-4-3-5-12(14)13(10)11/h3-5,8-9,11H,6-7,15H2,1-2H3. The van der Waals surface area contributed by atoms with Crippen molar-refractivity contribution in [2.75, 3.05) is 6.54 Å². The highest BCUT2D eigenvalue weighted by Gasteiger charge is 2.33. The molecule has 0 radical (unpaired) electrons. The van der Waals surface area contributed by atoms with Gasteiger partial charge in [-0.2, -0.15) is 0 Å². The topological polar surface area (TPSA) is 26.0 Å². The maximum Gasteiger partial charge on any atom is 0.0443 e.